The van der Waals surface area contributed by atoms with Gasteiger partial charge in [0.1, 0.15) is 11.6 Å². The molecule has 1 aromatic carbocycles. The molecule has 0 amide bonds. The Morgan fingerprint density at radius 1 is 1.25 bits per heavy atom. The highest BCUT2D eigenvalue weighted by Crippen LogP contribution is 2.65. The summed E-state index contributed by atoms with van der Waals surface area (Å²) in [6, 6.07) is 12.4. The number of pyridine rings is 1. The van der Waals surface area contributed by atoms with E-state index in [1.54, 1.807) is 0 Å². The predicted molar refractivity (Wildman–Crippen MR) is 109 cm³/mol. The number of carboxylic acids is 1. The number of nitrogens with zero attached hydrogens (tertiary/aromatic N) is 1. The Balaban J connectivity index is 1.31. The van der Waals surface area contributed by atoms with Crippen molar-refractivity contribution in [2.45, 2.75) is 45.4 Å². The highest BCUT2D eigenvalue weighted by Gasteiger charge is 2.58. The molecule has 5 heteroatoms. The molecule has 4 rings (SSSR count). The van der Waals surface area contributed by atoms with Crippen LogP contribution in [0.25, 0.3) is 0 Å². The predicted octanol–water partition coefficient (Wildman–Crippen LogP) is 4.28. The van der Waals surface area contributed by atoms with E-state index in [9.17, 15) is 4.79 Å². The summed E-state index contributed by atoms with van der Waals surface area (Å²) in [6.45, 7) is 5.88. The van der Waals surface area contributed by atoms with Crippen molar-refractivity contribution in [3.8, 4) is 5.75 Å². The Labute approximate surface area is 166 Å². The molecule has 1 aromatic heterocycles. The lowest BCUT2D eigenvalue weighted by atomic mass is 10.0. The van der Waals surface area contributed by atoms with Crippen LogP contribution in [0.3, 0.4) is 0 Å². The molecular weight excluding hydrogens is 352 g/mol. The number of anilines is 1. The van der Waals surface area contributed by atoms with Crippen LogP contribution in [0.2, 0.25) is 0 Å². The summed E-state index contributed by atoms with van der Waals surface area (Å²) >= 11 is 0. The smallest absolute Gasteiger partial charge is 0.303 e. The van der Waals surface area contributed by atoms with Gasteiger partial charge in [-0.15, -0.1) is 0 Å². The summed E-state index contributed by atoms with van der Waals surface area (Å²) in [5.41, 5.74) is 3.59. The first kappa shape index (κ1) is 18.8. The van der Waals surface area contributed by atoms with Gasteiger partial charge in [-0.1, -0.05) is 32.0 Å². The Bertz CT molecular complexity index is 861. The lowest BCUT2D eigenvalue weighted by Crippen LogP contribution is -2.14. The number of aromatic nitrogens is 1. The molecule has 0 radical (unpaired) electrons. The van der Waals surface area contributed by atoms with Crippen molar-refractivity contribution in [3.63, 3.8) is 0 Å². The molecule has 5 nitrogen and oxygen atoms in total. The molecule has 2 N–H and O–H groups in total. The number of hydrogen-bond acceptors (Lipinski definition) is 4. The molecule has 0 bridgehead atoms. The largest absolute Gasteiger partial charge is 0.493 e. The van der Waals surface area contributed by atoms with E-state index in [1.807, 2.05) is 12.1 Å². The highest BCUT2D eigenvalue weighted by molar-refractivity contribution is 5.68. The molecule has 1 aliphatic heterocycles. The quantitative estimate of drug-likeness (QED) is 0.750. The minimum absolute atomic E-state index is 0.0485. The third kappa shape index (κ3) is 3.84. The number of fused-ring (bicyclic) bond motifs is 1. The van der Waals surface area contributed by atoms with Crippen molar-refractivity contribution in [1.82, 2.24) is 4.98 Å². The Morgan fingerprint density at radius 2 is 2.04 bits per heavy atom. The SMILES string of the molecule is CC1(C)C(CC(=O)O)C1c1ccc(OCCc2ccc3c(n2)NCCC3)cc1. The Hall–Kier alpha value is -2.56. The molecule has 2 aromatic rings. The van der Waals surface area contributed by atoms with Gasteiger partial charge in [0, 0.05) is 25.1 Å². The van der Waals surface area contributed by atoms with Gasteiger partial charge in [-0.05, 0) is 59.4 Å². The molecule has 0 spiro atoms. The van der Waals surface area contributed by atoms with Gasteiger partial charge >= 0.3 is 5.97 Å². The van der Waals surface area contributed by atoms with Crippen molar-refractivity contribution in [1.29, 1.82) is 0 Å². The molecule has 2 unspecified atom stereocenters. The summed E-state index contributed by atoms with van der Waals surface area (Å²) in [7, 11) is 0. The fourth-order valence-corrected chi connectivity index (χ4v) is 4.53. The van der Waals surface area contributed by atoms with Crippen LogP contribution in [0.5, 0.6) is 5.75 Å². The van der Waals surface area contributed by atoms with E-state index in [0.717, 1.165) is 36.6 Å². The number of carbonyl (C=O) groups is 1. The van der Waals surface area contributed by atoms with E-state index < -0.39 is 5.97 Å². The fraction of sp³-hybridized carbons (Fsp3) is 0.478. The highest BCUT2D eigenvalue weighted by atomic mass is 16.5. The van der Waals surface area contributed by atoms with Crippen LogP contribution < -0.4 is 10.1 Å². The lowest BCUT2D eigenvalue weighted by Gasteiger charge is -2.17. The Kier molecular flexibility index (Phi) is 5.00. The first-order valence-electron chi connectivity index (χ1n) is 10.1. The molecule has 0 saturated heterocycles. The van der Waals surface area contributed by atoms with Gasteiger partial charge in [-0.3, -0.25) is 4.79 Å². The van der Waals surface area contributed by atoms with Gasteiger partial charge < -0.3 is 15.2 Å². The first-order chi connectivity index (χ1) is 13.4. The number of benzene rings is 1. The molecule has 2 heterocycles. The second-order valence-corrected chi connectivity index (χ2v) is 8.51. The zero-order valence-corrected chi connectivity index (χ0v) is 16.6. The van der Waals surface area contributed by atoms with Crippen LogP contribution in [0.1, 0.15) is 49.4 Å². The van der Waals surface area contributed by atoms with E-state index in [1.165, 1.54) is 17.5 Å². The van der Waals surface area contributed by atoms with Gasteiger partial charge in [0.25, 0.3) is 0 Å². The normalized spacial score (nSPS) is 22.1. The maximum absolute atomic E-state index is 11.1. The minimum atomic E-state index is -0.716. The first-order valence-corrected chi connectivity index (χ1v) is 10.1. The van der Waals surface area contributed by atoms with Gasteiger partial charge in [0.05, 0.1) is 6.61 Å². The molecule has 1 saturated carbocycles. The van der Waals surface area contributed by atoms with E-state index in [0.29, 0.717) is 12.5 Å². The standard InChI is InChI=1S/C23H28N2O3/c1-23(2)19(14-20(26)27)21(23)15-6-9-18(10-7-15)28-13-11-17-8-5-16-4-3-12-24-22(16)25-17/h5-10,19,21H,3-4,11-14H2,1-2H3,(H,24,25)(H,26,27). The van der Waals surface area contributed by atoms with Crippen molar-refractivity contribution in [3.05, 3.63) is 53.2 Å². The van der Waals surface area contributed by atoms with Gasteiger partial charge in [-0.25, -0.2) is 4.98 Å². The molecule has 2 atom stereocenters. The second-order valence-electron chi connectivity index (χ2n) is 8.51. The third-order valence-electron chi connectivity index (χ3n) is 6.26. The van der Waals surface area contributed by atoms with Crippen LogP contribution in [0, 0.1) is 11.3 Å². The van der Waals surface area contributed by atoms with Crippen LogP contribution >= 0.6 is 0 Å². The number of nitrogens with one attached hydrogen (secondary N) is 1. The number of aliphatic carboxylic acids is 1. The van der Waals surface area contributed by atoms with Crippen molar-refractivity contribution in [2.75, 3.05) is 18.5 Å². The topological polar surface area (TPSA) is 71.5 Å². The van der Waals surface area contributed by atoms with Crippen LogP contribution in [-0.4, -0.2) is 29.2 Å². The monoisotopic (exact) mass is 380 g/mol. The van der Waals surface area contributed by atoms with Crippen molar-refractivity contribution in [2.24, 2.45) is 11.3 Å². The maximum atomic E-state index is 11.1. The number of aryl methyl sites for hydroxylation is 1. The van der Waals surface area contributed by atoms with Gasteiger partial charge in [0.15, 0.2) is 0 Å². The van der Waals surface area contributed by atoms with Gasteiger partial charge in [-0.2, -0.15) is 0 Å². The lowest BCUT2D eigenvalue weighted by molar-refractivity contribution is -0.137. The summed E-state index contributed by atoms with van der Waals surface area (Å²) < 4.78 is 5.90. The van der Waals surface area contributed by atoms with E-state index >= 15 is 0 Å². The van der Waals surface area contributed by atoms with E-state index in [-0.39, 0.29) is 17.8 Å². The number of ether oxygens (including phenoxy) is 1. The summed E-state index contributed by atoms with van der Waals surface area (Å²) in [6.07, 6.45) is 3.28. The average molecular weight is 380 g/mol. The Morgan fingerprint density at radius 3 is 2.79 bits per heavy atom. The average Bonchev–Trinajstić information content (AvgIpc) is 3.21. The van der Waals surface area contributed by atoms with Gasteiger partial charge in [0.2, 0.25) is 0 Å². The summed E-state index contributed by atoms with van der Waals surface area (Å²) in [5, 5.41) is 12.5. The number of rotatable bonds is 7. The van der Waals surface area contributed by atoms with Crippen molar-refractivity contribution >= 4 is 11.8 Å². The number of hydrogen-bond donors (Lipinski definition) is 2. The summed E-state index contributed by atoms with van der Waals surface area (Å²) in [5.74, 6) is 1.67. The van der Waals surface area contributed by atoms with E-state index in [4.69, 9.17) is 14.8 Å². The van der Waals surface area contributed by atoms with Crippen LogP contribution in [0.15, 0.2) is 36.4 Å². The zero-order valence-electron chi connectivity index (χ0n) is 16.6. The van der Waals surface area contributed by atoms with E-state index in [2.05, 4.69) is 43.4 Å². The van der Waals surface area contributed by atoms with Crippen LogP contribution in [-0.2, 0) is 17.6 Å². The molecule has 1 fully saturated rings. The second kappa shape index (κ2) is 7.46. The maximum Gasteiger partial charge on any atom is 0.303 e. The van der Waals surface area contributed by atoms with Crippen molar-refractivity contribution < 1.29 is 14.6 Å². The third-order valence-corrected chi connectivity index (χ3v) is 6.26. The van der Waals surface area contributed by atoms with Crippen LogP contribution in [0.4, 0.5) is 5.82 Å². The fourth-order valence-electron chi connectivity index (χ4n) is 4.53. The molecule has 1 aliphatic carbocycles. The zero-order chi connectivity index (χ0) is 19.7. The minimum Gasteiger partial charge on any atom is -0.493 e. The molecule has 148 valence electrons. The summed E-state index contributed by atoms with van der Waals surface area (Å²) in [4.78, 5) is 15.8. The molecule has 2 aliphatic rings. The molecular formula is C23H28N2O3. The number of carboxylic acid groups (broad SMARTS) is 1. The molecule has 28 heavy (non-hydrogen) atoms.